The molecule has 12 atom stereocenters. The van der Waals surface area contributed by atoms with E-state index < -0.39 is 0 Å². The summed E-state index contributed by atoms with van der Waals surface area (Å²) >= 11 is 0. The molecule has 4 aliphatic carbocycles. The van der Waals surface area contributed by atoms with Crippen LogP contribution in [-0.4, -0.2) is 45.3 Å². The van der Waals surface area contributed by atoms with E-state index in [1.165, 1.54) is 25.7 Å². The SMILES string of the molecule is CC(C)[C@@H](CCO)CC[C@@H](C)[C@H]1C[C@@H](O)[C@H]2[C@@H]3C[C@H](O)[C@H]4C[C@@H](O)CC[C@]4(C)[C@H]3CC[C@@]21C. The first-order valence-corrected chi connectivity index (χ1v) is 14.2. The molecule has 0 spiro atoms. The fourth-order valence-electron chi connectivity index (χ4n) is 9.93. The van der Waals surface area contributed by atoms with Gasteiger partial charge in [0.15, 0.2) is 0 Å². The van der Waals surface area contributed by atoms with E-state index in [0.717, 1.165) is 38.5 Å². The summed E-state index contributed by atoms with van der Waals surface area (Å²) in [5.74, 6) is 3.76. The maximum atomic E-state index is 11.5. The van der Waals surface area contributed by atoms with Gasteiger partial charge >= 0.3 is 0 Å². The van der Waals surface area contributed by atoms with Crippen LogP contribution in [0.3, 0.4) is 0 Å². The summed E-state index contributed by atoms with van der Waals surface area (Å²) in [4.78, 5) is 0. The summed E-state index contributed by atoms with van der Waals surface area (Å²) in [6.45, 7) is 12.1. The highest BCUT2D eigenvalue weighted by molar-refractivity contribution is 5.13. The zero-order valence-electron chi connectivity index (χ0n) is 21.9. The van der Waals surface area contributed by atoms with E-state index in [9.17, 15) is 20.4 Å². The van der Waals surface area contributed by atoms with Crippen molar-refractivity contribution in [2.45, 2.75) is 117 Å². The highest BCUT2D eigenvalue weighted by Crippen LogP contribution is 2.68. The lowest BCUT2D eigenvalue weighted by Crippen LogP contribution is -2.59. The Kier molecular flexibility index (Phi) is 7.63. The van der Waals surface area contributed by atoms with E-state index in [1.807, 2.05) is 0 Å². The number of hydrogen-bond donors (Lipinski definition) is 4. The number of aliphatic hydroxyl groups excluding tert-OH is 4. The summed E-state index contributed by atoms with van der Waals surface area (Å²) in [5, 5.41) is 42.4. The minimum atomic E-state index is -0.345. The maximum absolute atomic E-state index is 11.5. The minimum absolute atomic E-state index is 0.0983. The van der Waals surface area contributed by atoms with E-state index in [-0.39, 0.29) is 41.7 Å². The maximum Gasteiger partial charge on any atom is 0.0579 e. The van der Waals surface area contributed by atoms with Crippen LogP contribution in [0.1, 0.15) is 98.8 Å². The minimum Gasteiger partial charge on any atom is -0.396 e. The van der Waals surface area contributed by atoms with Crippen molar-refractivity contribution in [2.24, 2.45) is 58.2 Å². The van der Waals surface area contributed by atoms with Gasteiger partial charge < -0.3 is 20.4 Å². The van der Waals surface area contributed by atoms with Gasteiger partial charge in [0.25, 0.3) is 0 Å². The Morgan fingerprint density at radius 1 is 0.788 bits per heavy atom. The molecule has 4 nitrogen and oxygen atoms in total. The van der Waals surface area contributed by atoms with Gasteiger partial charge in [0.05, 0.1) is 18.3 Å². The highest BCUT2D eigenvalue weighted by atomic mass is 16.3. The summed E-state index contributed by atoms with van der Waals surface area (Å²) in [5.41, 5.74) is 0.252. The molecule has 0 aliphatic heterocycles. The Labute approximate surface area is 202 Å². The smallest absolute Gasteiger partial charge is 0.0579 e. The molecule has 4 heteroatoms. The van der Waals surface area contributed by atoms with Crippen molar-refractivity contribution in [1.82, 2.24) is 0 Å². The van der Waals surface area contributed by atoms with Gasteiger partial charge in [-0.2, -0.15) is 0 Å². The average molecular weight is 465 g/mol. The van der Waals surface area contributed by atoms with Crippen LogP contribution >= 0.6 is 0 Å². The predicted octanol–water partition coefficient (Wildman–Crippen LogP) is 5.02. The van der Waals surface area contributed by atoms with Crippen molar-refractivity contribution < 1.29 is 20.4 Å². The van der Waals surface area contributed by atoms with Gasteiger partial charge in [-0.3, -0.25) is 0 Å². The normalized spacial score (nSPS) is 49.3. The topological polar surface area (TPSA) is 80.9 Å². The van der Waals surface area contributed by atoms with Crippen LogP contribution < -0.4 is 0 Å². The van der Waals surface area contributed by atoms with E-state index in [1.54, 1.807) is 0 Å². The molecule has 0 aromatic heterocycles. The van der Waals surface area contributed by atoms with Crippen LogP contribution in [0.4, 0.5) is 0 Å². The Hall–Kier alpha value is -0.160. The van der Waals surface area contributed by atoms with Crippen LogP contribution in [0.5, 0.6) is 0 Å². The molecule has 4 saturated carbocycles. The zero-order chi connectivity index (χ0) is 24.1. The summed E-state index contributed by atoms with van der Waals surface area (Å²) in [6.07, 6.45) is 9.12. The third kappa shape index (κ3) is 4.45. The summed E-state index contributed by atoms with van der Waals surface area (Å²) in [6, 6.07) is 0. The second-order valence-electron chi connectivity index (χ2n) is 13.7. The molecule has 4 fully saturated rings. The third-order valence-electron chi connectivity index (χ3n) is 11.8. The second kappa shape index (κ2) is 9.71. The molecule has 0 heterocycles. The summed E-state index contributed by atoms with van der Waals surface area (Å²) < 4.78 is 0. The quantitative estimate of drug-likeness (QED) is 0.426. The molecule has 192 valence electrons. The van der Waals surface area contributed by atoms with Crippen LogP contribution in [-0.2, 0) is 0 Å². The fourth-order valence-corrected chi connectivity index (χ4v) is 9.93. The van der Waals surface area contributed by atoms with Crippen LogP contribution in [0.15, 0.2) is 0 Å². The van der Waals surface area contributed by atoms with E-state index in [4.69, 9.17) is 0 Å². The lowest BCUT2D eigenvalue weighted by atomic mass is 9.43. The van der Waals surface area contributed by atoms with E-state index in [0.29, 0.717) is 41.4 Å². The Bertz CT molecular complexity index is 666. The van der Waals surface area contributed by atoms with Gasteiger partial charge in [0, 0.05) is 6.61 Å². The highest BCUT2D eigenvalue weighted by Gasteiger charge is 2.64. The van der Waals surface area contributed by atoms with Crippen LogP contribution in [0.2, 0.25) is 0 Å². The first-order valence-electron chi connectivity index (χ1n) is 14.2. The molecule has 0 amide bonds. The standard InChI is InChI=1S/C29H52O4/c1-17(2)19(10-13-30)7-6-18(3)23-16-26(33)27-21-15-25(32)24-14-20(31)8-11-28(24,4)22(21)9-12-29(23,27)5/h17-27,30-33H,6-16H2,1-5H3/t18-,19-,20+,21-,22+,23-,24-,25+,26-,27-,28-,29-/m1/s1. The van der Waals surface area contributed by atoms with Crippen molar-refractivity contribution >= 4 is 0 Å². The molecular formula is C29H52O4. The lowest BCUT2D eigenvalue weighted by Gasteiger charge is -2.62. The molecular weight excluding hydrogens is 412 g/mol. The molecule has 4 N–H and O–H groups in total. The van der Waals surface area contributed by atoms with Gasteiger partial charge in [0.2, 0.25) is 0 Å². The summed E-state index contributed by atoms with van der Waals surface area (Å²) in [7, 11) is 0. The number of hydrogen-bond acceptors (Lipinski definition) is 4. The molecule has 33 heavy (non-hydrogen) atoms. The fraction of sp³-hybridized carbons (Fsp3) is 1.00. The monoisotopic (exact) mass is 464 g/mol. The molecule has 0 unspecified atom stereocenters. The number of aliphatic hydroxyl groups is 4. The molecule has 0 radical (unpaired) electrons. The van der Waals surface area contributed by atoms with Gasteiger partial charge in [-0.05, 0) is 116 Å². The van der Waals surface area contributed by atoms with Crippen molar-refractivity contribution in [3.05, 3.63) is 0 Å². The van der Waals surface area contributed by atoms with Crippen molar-refractivity contribution in [1.29, 1.82) is 0 Å². The molecule has 4 rings (SSSR count). The molecule has 0 bridgehead atoms. The Morgan fingerprint density at radius 3 is 2.15 bits per heavy atom. The van der Waals surface area contributed by atoms with E-state index in [2.05, 4.69) is 34.6 Å². The van der Waals surface area contributed by atoms with Crippen LogP contribution in [0, 0.1) is 58.2 Å². The van der Waals surface area contributed by atoms with Gasteiger partial charge in [0.1, 0.15) is 0 Å². The van der Waals surface area contributed by atoms with Crippen molar-refractivity contribution in [3.63, 3.8) is 0 Å². The van der Waals surface area contributed by atoms with Gasteiger partial charge in [-0.1, -0.05) is 41.0 Å². The predicted molar refractivity (Wildman–Crippen MR) is 132 cm³/mol. The first-order chi connectivity index (χ1) is 15.5. The van der Waals surface area contributed by atoms with Crippen LogP contribution in [0.25, 0.3) is 0 Å². The van der Waals surface area contributed by atoms with Gasteiger partial charge in [-0.15, -0.1) is 0 Å². The molecule has 0 saturated heterocycles. The molecule has 4 aliphatic rings. The first kappa shape index (κ1) is 25.9. The zero-order valence-corrected chi connectivity index (χ0v) is 21.9. The third-order valence-corrected chi connectivity index (χ3v) is 11.8. The Morgan fingerprint density at radius 2 is 1.48 bits per heavy atom. The lowest BCUT2D eigenvalue weighted by molar-refractivity contribution is -0.181. The largest absolute Gasteiger partial charge is 0.396 e. The average Bonchev–Trinajstić information content (AvgIpc) is 3.03. The number of rotatable bonds is 7. The Balaban J connectivity index is 1.51. The molecule has 0 aromatic carbocycles. The van der Waals surface area contributed by atoms with E-state index >= 15 is 0 Å². The molecule has 0 aromatic rings. The number of fused-ring (bicyclic) bond motifs is 5. The van der Waals surface area contributed by atoms with Gasteiger partial charge in [-0.25, -0.2) is 0 Å². The van der Waals surface area contributed by atoms with Crippen molar-refractivity contribution in [3.8, 4) is 0 Å². The second-order valence-corrected chi connectivity index (χ2v) is 13.7. The van der Waals surface area contributed by atoms with Crippen molar-refractivity contribution in [2.75, 3.05) is 6.61 Å².